The highest BCUT2D eigenvalue weighted by Gasteiger charge is 2.39. The minimum absolute atomic E-state index is 0.378. The summed E-state index contributed by atoms with van der Waals surface area (Å²) < 4.78 is 5.61. The van der Waals surface area contributed by atoms with Crippen molar-refractivity contribution in [3.05, 3.63) is 35.9 Å². The first-order chi connectivity index (χ1) is 6.27. The maximum absolute atomic E-state index is 5.61. The van der Waals surface area contributed by atoms with Crippen LogP contribution in [0.4, 0.5) is 0 Å². The molecule has 0 aromatic heterocycles. The topological polar surface area (TPSA) is 12.5 Å². The van der Waals surface area contributed by atoms with Gasteiger partial charge in [-0.05, 0) is 17.9 Å². The Bertz CT molecular complexity index is 266. The van der Waals surface area contributed by atoms with Gasteiger partial charge >= 0.3 is 0 Å². The molecular weight excluding hydrogens is 160 g/mol. The van der Waals surface area contributed by atoms with Gasteiger partial charge in [-0.3, -0.25) is 0 Å². The monoisotopic (exact) mass is 176 g/mol. The molecule has 1 heteroatoms. The second-order valence-corrected chi connectivity index (χ2v) is 4.14. The molecule has 1 aliphatic heterocycles. The Kier molecular flexibility index (Phi) is 2.36. The molecule has 0 spiro atoms. The van der Waals surface area contributed by atoms with Crippen molar-refractivity contribution >= 4 is 0 Å². The first-order valence-corrected chi connectivity index (χ1v) is 4.98. The Morgan fingerprint density at radius 2 is 1.92 bits per heavy atom. The molecule has 0 bridgehead atoms. The Hall–Kier alpha value is -0.820. The van der Waals surface area contributed by atoms with E-state index in [2.05, 4.69) is 38.1 Å². The van der Waals surface area contributed by atoms with Crippen molar-refractivity contribution in [2.75, 3.05) is 0 Å². The molecule has 1 nitrogen and oxygen atoms in total. The van der Waals surface area contributed by atoms with Crippen LogP contribution in [0.5, 0.6) is 0 Å². The molecule has 0 saturated carbocycles. The second-order valence-electron chi connectivity index (χ2n) is 4.14. The quantitative estimate of drug-likeness (QED) is 0.644. The van der Waals surface area contributed by atoms with Crippen molar-refractivity contribution in [3.63, 3.8) is 0 Å². The van der Waals surface area contributed by atoms with Gasteiger partial charge < -0.3 is 4.74 Å². The normalized spacial score (nSPS) is 26.4. The molecule has 1 aliphatic rings. The molecule has 2 rings (SSSR count). The predicted octanol–water partition coefficient (Wildman–Crippen LogP) is 3.17. The molecule has 1 fully saturated rings. The summed E-state index contributed by atoms with van der Waals surface area (Å²) in [6.07, 6.45) is 2.03. The number of ether oxygens (including phenoxy) is 1. The minimum atomic E-state index is 0.378. The molecule has 0 amide bonds. The summed E-state index contributed by atoms with van der Waals surface area (Å²) >= 11 is 0. The van der Waals surface area contributed by atoms with Crippen molar-refractivity contribution in [2.24, 2.45) is 5.92 Å². The van der Waals surface area contributed by atoms with Gasteiger partial charge in [-0.15, -0.1) is 0 Å². The van der Waals surface area contributed by atoms with Crippen molar-refractivity contribution in [1.82, 2.24) is 0 Å². The van der Waals surface area contributed by atoms with Crippen LogP contribution in [0.3, 0.4) is 0 Å². The van der Waals surface area contributed by atoms with Crippen LogP contribution in [-0.4, -0.2) is 6.10 Å². The van der Waals surface area contributed by atoms with E-state index in [-0.39, 0.29) is 0 Å². The van der Waals surface area contributed by atoms with Gasteiger partial charge in [0, 0.05) is 0 Å². The van der Waals surface area contributed by atoms with E-state index in [4.69, 9.17) is 4.74 Å². The van der Waals surface area contributed by atoms with E-state index in [1.807, 2.05) is 6.07 Å². The van der Waals surface area contributed by atoms with Crippen LogP contribution in [-0.2, 0) is 4.74 Å². The minimum Gasteiger partial charge on any atom is -0.364 e. The van der Waals surface area contributed by atoms with E-state index >= 15 is 0 Å². The summed E-state index contributed by atoms with van der Waals surface area (Å²) in [7, 11) is 0. The van der Waals surface area contributed by atoms with Gasteiger partial charge in [0.2, 0.25) is 0 Å². The second kappa shape index (κ2) is 3.51. The summed E-state index contributed by atoms with van der Waals surface area (Å²) in [4.78, 5) is 0. The van der Waals surface area contributed by atoms with Crippen LogP contribution >= 0.6 is 0 Å². The third-order valence-corrected chi connectivity index (χ3v) is 2.41. The van der Waals surface area contributed by atoms with Gasteiger partial charge in [0.25, 0.3) is 0 Å². The molecule has 1 aromatic rings. The standard InChI is InChI=1S/C12H16O/c1-9(2)8-11-12(13-11)10-6-4-3-5-7-10/h3-7,9,11-12H,8H2,1-2H3/t11-,12+/m1/s1. The lowest BCUT2D eigenvalue weighted by atomic mass is 10.0. The SMILES string of the molecule is CC(C)C[C@H]1O[C@H]1c1ccccc1. The molecule has 70 valence electrons. The third-order valence-electron chi connectivity index (χ3n) is 2.41. The van der Waals surface area contributed by atoms with Gasteiger partial charge in [-0.2, -0.15) is 0 Å². The van der Waals surface area contributed by atoms with Crippen molar-refractivity contribution in [3.8, 4) is 0 Å². The fourth-order valence-electron chi connectivity index (χ4n) is 1.72. The highest BCUT2D eigenvalue weighted by atomic mass is 16.6. The molecule has 2 atom stereocenters. The predicted molar refractivity (Wildman–Crippen MR) is 53.5 cm³/mol. The molecule has 13 heavy (non-hydrogen) atoms. The number of rotatable bonds is 3. The highest BCUT2D eigenvalue weighted by Crippen LogP contribution is 2.41. The average molecular weight is 176 g/mol. The molecule has 0 radical (unpaired) electrons. The number of hydrogen-bond acceptors (Lipinski definition) is 1. The highest BCUT2D eigenvalue weighted by molar-refractivity contribution is 5.22. The van der Waals surface area contributed by atoms with Crippen LogP contribution in [0.2, 0.25) is 0 Å². The number of benzene rings is 1. The van der Waals surface area contributed by atoms with Crippen molar-refractivity contribution in [2.45, 2.75) is 32.5 Å². The summed E-state index contributed by atoms with van der Waals surface area (Å²) in [6.45, 7) is 4.48. The van der Waals surface area contributed by atoms with Crippen molar-refractivity contribution in [1.29, 1.82) is 0 Å². The van der Waals surface area contributed by atoms with Gasteiger partial charge in [0.1, 0.15) is 6.10 Å². The molecule has 1 heterocycles. The van der Waals surface area contributed by atoms with Crippen molar-refractivity contribution < 1.29 is 4.74 Å². The zero-order valence-electron chi connectivity index (χ0n) is 8.23. The maximum Gasteiger partial charge on any atom is 0.109 e. The zero-order valence-corrected chi connectivity index (χ0v) is 8.23. The fraction of sp³-hybridized carbons (Fsp3) is 0.500. The van der Waals surface area contributed by atoms with Gasteiger partial charge in [-0.1, -0.05) is 44.2 Å². The molecule has 1 saturated heterocycles. The smallest absolute Gasteiger partial charge is 0.109 e. The Balaban J connectivity index is 1.93. The number of epoxide rings is 1. The van der Waals surface area contributed by atoms with E-state index in [0.717, 1.165) is 5.92 Å². The Morgan fingerprint density at radius 1 is 1.23 bits per heavy atom. The first kappa shape index (κ1) is 8.76. The zero-order chi connectivity index (χ0) is 9.26. The Labute approximate surface area is 79.7 Å². The van der Waals surface area contributed by atoms with Crippen LogP contribution in [0.1, 0.15) is 31.9 Å². The largest absolute Gasteiger partial charge is 0.364 e. The van der Waals surface area contributed by atoms with Crippen LogP contribution < -0.4 is 0 Å². The van der Waals surface area contributed by atoms with E-state index < -0.39 is 0 Å². The van der Waals surface area contributed by atoms with Gasteiger partial charge in [0.15, 0.2) is 0 Å². The summed E-state index contributed by atoms with van der Waals surface area (Å²) in [5.41, 5.74) is 1.33. The molecule has 1 aromatic carbocycles. The molecular formula is C12H16O. The van der Waals surface area contributed by atoms with Crippen LogP contribution in [0.25, 0.3) is 0 Å². The average Bonchev–Trinajstić information content (AvgIpc) is 2.84. The lowest BCUT2D eigenvalue weighted by molar-refractivity contribution is 0.348. The summed E-state index contributed by atoms with van der Waals surface area (Å²) in [5.74, 6) is 0.735. The molecule has 0 aliphatic carbocycles. The summed E-state index contributed by atoms with van der Waals surface area (Å²) in [6, 6.07) is 10.5. The number of hydrogen-bond donors (Lipinski definition) is 0. The van der Waals surface area contributed by atoms with Crippen LogP contribution in [0, 0.1) is 5.92 Å². The fourth-order valence-corrected chi connectivity index (χ4v) is 1.72. The van der Waals surface area contributed by atoms with E-state index in [9.17, 15) is 0 Å². The molecule has 0 N–H and O–H groups in total. The first-order valence-electron chi connectivity index (χ1n) is 4.98. The van der Waals surface area contributed by atoms with E-state index in [1.165, 1.54) is 12.0 Å². The lowest BCUT2D eigenvalue weighted by Crippen LogP contribution is -1.95. The molecule has 0 unspecified atom stereocenters. The van der Waals surface area contributed by atoms with Gasteiger partial charge in [-0.25, -0.2) is 0 Å². The van der Waals surface area contributed by atoms with E-state index in [1.54, 1.807) is 0 Å². The van der Waals surface area contributed by atoms with Crippen LogP contribution in [0.15, 0.2) is 30.3 Å². The van der Waals surface area contributed by atoms with E-state index in [0.29, 0.717) is 12.2 Å². The summed E-state index contributed by atoms with van der Waals surface area (Å²) in [5, 5.41) is 0. The van der Waals surface area contributed by atoms with Gasteiger partial charge in [0.05, 0.1) is 6.10 Å². The maximum atomic E-state index is 5.61. The Morgan fingerprint density at radius 3 is 2.54 bits per heavy atom. The lowest BCUT2D eigenvalue weighted by Gasteiger charge is -1.99. The third kappa shape index (κ3) is 2.10.